The maximum absolute atomic E-state index is 12.2. The highest BCUT2D eigenvalue weighted by molar-refractivity contribution is 7.47. The number of rotatable bonds is 34. The standard InChI is InChI=1S/C36H66NO10P/c1-3-5-7-9-11-12-13-14-15-16-17-18-19-20-22-24-26-28-35(40)45-29-32(38)30-46-48(43,44)47-31-33(36(41)42)37-34(39)27-25-23-21-10-8-6-4-2/h11-12,14-15,32-33,38H,3-10,13,16-31H2,1-2H3,(H,37,39)(H,41,42)(H,43,44)/b12-11-,15-14-. The third-order valence-corrected chi connectivity index (χ3v) is 8.69. The van der Waals surface area contributed by atoms with Gasteiger partial charge in [0.1, 0.15) is 12.7 Å². The number of nitrogens with one attached hydrogen (secondary N) is 1. The highest BCUT2D eigenvalue weighted by Gasteiger charge is 2.28. The van der Waals surface area contributed by atoms with Crippen molar-refractivity contribution in [1.29, 1.82) is 0 Å². The molecular formula is C36H66NO10P. The molecule has 48 heavy (non-hydrogen) atoms. The van der Waals surface area contributed by atoms with Crippen molar-refractivity contribution in [3.8, 4) is 0 Å². The summed E-state index contributed by atoms with van der Waals surface area (Å²) in [5.41, 5.74) is 0. The largest absolute Gasteiger partial charge is 0.480 e. The molecule has 0 fully saturated rings. The third kappa shape index (κ3) is 31.2. The van der Waals surface area contributed by atoms with Crippen LogP contribution in [0.25, 0.3) is 0 Å². The normalized spacial score (nSPS) is 14.2. The maximum atomic E-state index is 12.2. The first-order chi connectivity index (χ1) is 23.1. The molecular weight excluding hydrogens is 637 g/mol. The number of ether oxygens (including phenoxy) is 1. The van der Waals surface area contributed by atoms with Gasteiger partial charge < -0.3 is 25.2 Å². The van der Waals surface area contributed by atoms with Crippen LogP contribution in [0.1, 0.15) is 155 Å². The van der Waals surface area contributed by atoms with Gasteiger partial charge in [0.15, 0.2) is 6.04 Å². The number of carbonyl (C=O) groups excluding carboxylic acids is 2. The van der Waals surface area contributed by atoms with Gasteiger partial charge in [-0.25, -0.2) is 9.36 Å². The number of aliphatic carboxylic acids is 1. The Hall–Kier alpha value is -2.04. The van der Waals surface area contributed by atoms with Gasteiger partial charge in [0, 0.05) is 12.8 Å². The zero-order chi connectivity index (χ0) is 35.7. The van der Waals surface area contributed by atoms with Crippen LogP contribution in [0, 0.1) is 0 Å². The number of carboxylic acid groups (broad SMARTS) is 1. The Morgan fingerprint density at radius 1 is 0.667 bits per heavy atom. The second-order valence-electron chi connectivity index (χ2n) is 12.4. The Balaban J connectivity index is 3.92. The van der Waals surface area contributed by atoms with E-state index in [1.165, 1.54) is 51.4 Å². The Labute approximate surface area is 289 Å². The minimum absolute atomic E-state index is 0.145. The van der Waals surface area contributed by atoms with Gasteiger partial charge in [-0.15, -0.1) is 0 Å². The fraction of sp³-hybridized carbons (Fsp3) is 0.806. The van der Waals surface area contributed by atoms with E-state index in [-0.39, 0.29) is 12.8 Å². The van der Waals surface area contributed by atoms with Crippen molar-refractivity contribution in [2.24, 2.45) is 0 Å². The number of phosphoric ester groups is 1. The van der Waals surface area contributed by atoms with Gasteiger partial charge >= 0.3 is 19.8 Å². The van der Waals surface area contributed by atoms with Crippen LogP contribution < -0.4 is 5.32 Å². The molecule has 4 N–H and O–H groups in total. The average molecular weight is 704 g/mol. The summed E-state index contributed by atoms with van der Waals surface area (Å²) < 4.78 is 26.6. The molecule has 3 atom stereocenters. The van der Waals surface area contributed by atoms with Crippen molar-refractivity contribution in [1.82, 2.24) is 5.32 Å². The second-order valence-corrected chi connectivity index (χ2v) is 13.9. The predicted molar refractivity (Wildman–Crippen MR) is 189 cm³/mol. The van der Waals surface area contributed by atoms with Crippen LogP contribution in [-0.2, 0) is 32.7 Å². The van der Waals surface area contributed by atoms with Gasteiger partial charge in [0.05, 0.1) is 13.2 Å². The lowest BCUT2D eigenvalue weighted by Crippen LogP contribution is -2.43. The fourth-order valence-corrected chi connectivity index (χ4v) is 5.59. The van der Waals surface area contributed by atoms with Crippen molar-refractivity contribution < 1.29 is 47.8 Å². The molecule has 0 aliphatic carbocycles. The maximum Gasteiger partial charge on any atom is 0.472 e. The molecule has 0 aliphatic heterocycles. The van der Waals surface area contributed by atoms with Crippen molar-refractivity contribution in [2.45, 2.75) is 167 Å². The lowest BCUT2D eigenvalue weighted by atomic mass is 10.1. The third-order valence-electron chi connectivity index (χ3n) is 7.74. The van der Waals surface area contributed by atoms with Gasteiger partial charge in [-0.1, -0.05) is 122 Å². The number of amides is 1. The Morgan fingerprint density at radius 3 is 1.73 bits per heavy atom. The van der Waals surface area contributed by atoms with E-state index in [1.807, 2.05) is 0 Å². The first-order valence-corrected chi connectivity index (χ1v) is 19.9. The number of allylic oxidation sites excluding steroid dienone is 4. The fourth-order valence-electron chi connectivity index (χ4n) is 4.81. The van der Waals surface area contributed by atoms with Gasteiger partial charge in [-0.3, -0.25) is 18.6 Å². The van der Waals surface area contributed by atoms with E-state index in [0.29, 0.717) is 12.8 Å². The summed E-state index contributed by atoms with van der Waals surface area (Å²) in [5, 5.41) is 21.6. The number of aliphatic hydroxyl groups excluding tert-OH is 1. The molecule has 1 amide bonds. The number of hydrogen-bond acceptors (Lipinski definition) is 8. The molecule has 0 aromatic carbocycles. The van der Waals surface area contributed by atoms with Crippen LogP contribution in [0.2, 0.25) is 0 Å². The molecule has 0 saturated carbocycles. The summed E-state index contributed by atoms with van der Waals surface area (Å²) in [7, 11) is -4.74. The SMILES string of the molecule is CCCCC/C=C\C/C=C\CCCCCCCCCC(=O)OCC(O)COP(=O)(O)OCC(NC(=O)CCCCCCCCC)C(=O)O. The first kappa shape index (κ1) is 46.0. The number of unbranched alkanes of at least 4 members (excludes halogenated alkanes) is 16. The summed E-state index contributed by atoms with van der Waals surface area (Å²) in [6, 6.07) is -1.54. The van der Waals surface area contributed by atoms with Crippen LogP contribution in [0.4, 0.5) is 0 Å². The zero-order valence-electron chi connectivity index (χ0n) is 29.8. The molecule has 0 rings (SSSR count). The molecule has 0 spiro atoms. The summed E-state index contributed by atoms with van der Waals surface area (Å²) in [5.74, 6) is -2.39. The van der Waals surface area contributed by atoms with Crippen LogP contribution in [0.5, 0.6) is 0 Å². The quantitative estimate of drug-likeness (QED) is 0.0221. The number of carboxylic acids is 1. The summed E-state index contributed by atoms with van der Waals surface area (Å²) in [4.78, 5) is 45.4. The van der Waals surface area contributed by atoms with Gasteiger partial charge in [-0.2, -0.15) is 0 Å². The Bertz CT molecular complexity index is 926. The van der Waals surface area contributed by atoms with E-state index in [4.69, 9.17) is 13.8 Å². The highest BCUT2D eigenvalue weighted by atomic mass is 31.2. The topological polar surface area (TPSA) is 169 Å². The van der Waals surface area contributed by atoms with Crippen molar-refractivity contribution >= 4 is 25.7 Å². The monoisotopic (exact) mass is 703 g/mol. The van der Waals surface area contributed by atoms with E-state index in [1.54, 1.807) is 0 Å². The first-order valence-electron chi connectivity index (χ1n) is 18.4. The second kappa shape index (κ2) is 32.2. The molecule has 12 heteroatoms. The lowest BCUT2D eigenvalue weighted by molar-refractivity contribution is -0.147. The molecule has 0 aromatic rings. The van der Waals surface area contributed by atoms with Crippen molar-refractivity contribution in [3.05, 3.63) is 24.3 Å². The van der Waals surface area contributed by atoms with Crippen LogP contribution in [0.15, 0.2) is 24.3 Å². The molecule has 280 valence electrons. The molecule has 0 radical (unpaired) electrons. The van der Waals surface area contributed by atoms with E-state index >= 15 is 0 Å². The average Bonchev–Trinajstić information content (AvgIpc) is 3.05. The molecule has 11 nitrogen and oxygen atoms in total. The number of phosphoric acid groups is 1. The molecule has 0 saturated heterocycles. The Morgan fingerprint density at radius 2 is 1.15 bits per heavy atom. The minimum Gasteiger partial charge on any atom is -0.480 e. The van der Waals surface area contributed by atoms with E-state index in [0.717, 1.165) is 64.2 Å². The summed E-state index contributed by atoms with van der Waals surface area (Å²) in [6.07, 6.45) is 29.5. The molecule has 3 unspecified atom stereocenters. The summed E-state index contributed by atoms with van der Waals surface area (Å²) >= 11 is 0. The van der Waals surface area contributed by atoms with Crippen molar-refractivity contribution in [2.75, 3.05) is 19.8 Å². The highest BCUT2D eigenvalue weighted by Crippen LogP contribution is 2.43. The number of carbonyl (C=O) groups is 3. The number of esters is 1. The van der Waals surface area contributed by atoms with Gasteiger partial charge in [-0.05, 0) is 44.9 Å². The molecule has 0 heterocycles. The summed E-state index contributed by atoms with van der Waals surface area (Å²) in [6.45, 7) is 2.46. The predicted octanol–water partition coefficient (Wildman–Crippen LogP) is 8.33. The number of aliphatic hydroxyl groups is 1. The molecule has 0 aliphatic rings. The smallest absolute Gasteiger partial charge is 0.472 e. The number of hydrogen-bond donors (Lipinski definition) is 4. The lowest BCUT2D eigenvalue weighted by Gasteiger charge is -2.18. The molecule has 0 bridgehead atoms. The Kier molecular flexibility index (Phi) is 30.8. The minimum atomic E-state index is -4.74. The van der Waals surface area contributed by atoms with E-state index in [2.05, 4.69) is 43.5 Å². The van der Waals surface area contributed by atoms with Gasteiger partial charge in [0.25, 0.3) is 0 Å². The van der Waals surface area contributed by atoms with Crippen LogP contribution in [-0.4, -0.2) is 64.9 Å². The van der Waals surface area contributed by atoms with Crippen molar-refractivity contribution in [3.63, 3.8) is 0 Å². The van der Waals surface area contributed by atoms with E-state index < -0.39 is 57.6 Å². The van der Waals surface area contributed by atoms with Crippen LogP contribution >= 0.6 is 7.82 Å². The van der Waals surface area contributed by atoms with Crippen LogP contribution in [0.3, 0.4) is 0 Å². The van der Waals surface area contributed by atoms with E-state index in [9.17, 15) is 34.1 Å². The molecule has 0 aromatic heterocycles. The van der Waals surface area contributed by atoms with Gasteiger partial charge in [0.2, 0.25) is 5.91 Å². The zero-order valence-corrected chi connectivity index (χ0v) is 30.7.